The fourth-order valence-corrected chi connectivity index (χ4v) is 3.06. The molecule has 3 nitrogen and oxygen atoms in total. The Hall–Kier alpha value is -1.58. The minimum absolute atomic E-state index is 0.202. The first-order valence-electron chi connectivity index (χ1n) is 7.70. The molecule has 0 amide bonds. The summed E-state index contributed by atoms with van der Waals surface area (Å²) >= 11 is 0. The van der Waals surface area contributed by atoms with E-state index < -0.39 is 0 Å². The monoisotopic (exact) mass is 285 g/mol. The van der Waals surface area contributed by atoms with Crippen molar-refractivity contribution in [3.63, 3.8) is 0 Å². The maximum Gasteiger partial charge on any atom is 0.130 e. The number of hydrogen-bond donors (Lipinski definition) is 1. The molecule has 1 aliphatic rings. The van der Waals surface area contributed by atoms with Gasteiger partial charge in [-0.2, -0.15) is 0 Å². The van der Waals surface area contributed by atoms with Gasteiger partial charge in [-0.05, 0) is 56.0 Å². The topological polar surface area (TPSA) is 34.4 Å². The molecule has 0 saturated heterocycles. The number of benzene rings is 1. The van der Waals surface area contributed by atoms with E-state index in [0.29, 0.717) is 6.61 Å². The average molecular weight is 285 g/mol. The third-order valence-corrected chi connectivity index (χ3v) is 4.15. The molecule has 21 heavy (non-hydrogen) atoms. The van der Waals surface area contributed by atoms with E-state index in [9.17, 15) is 0 Å². The second-order valence-electron chi connectivity index (χ2n) is 5.74. The molecular weight excluding hydrogens is 262 g/mol. The minimum Gasteiger partial charge on any atom is -0.462 e. The molecule has 1 unspecified atom stereocenters. The highest BCUT2D eigenvalue weighted by molar-refractivity contribution is 5.31. The molecule has 0 bridgehead atoms. The second kappa shape index (κ2) is 6.46. The summed E-state index contributed by atoms with van der Waals surface area (Å²) in [5.41, 5.74) is 3.97. The lowest BCUT2D eigenvalue weighted by molar-refractivity contribution is 0.0188. The zero-order valence-electron chi connectivity index (χ0n) is 12.8. The van der Waals surface area contributed by atoms with Gasteiger partial charge < -0.3 is 14.5 Å². The molecule has 0 fully saturated rings. The van der Waals surface area contributed by atoms with Gasteiger partial charge in [0, 0.05) is 0 Å². The van der Waals surface area contributed by atoms with Crippen molar-refractivity contribution in [2.45, 2.75) is 45.4 Å². The lowest BCUT2D eigenvalue weighted by atomic mass is 9.89. The zero-order valence-corrected chi connectivity index (χ0v) is 12.8. The van der Waals surface area contributed by atoms with E-state index in [1.807, 2.05) is 7.05 Å². The summed E-state index contributed by atoms with van der Waals surface area (Å²) in [4.78, 5) is 0. The highest BCUT2D eigenvalue weighted by atomic mass is 16.5. The van der Waals surface area contributed by atoms with Crippen molar-refractivity contribution in [1.29, 1.82) is 0 Å². The molecule has 3 heteroatoms. The van der Waals surface area contributed by atoms with Crippen molar-refractivity contribution < 1.29 is 9.15 Å². The van der Waals surface area contributed by atoms with E-state index in [-0.39, 0.29) is 6.10 Å². The van der Waals surface area contributed by atoms with Gasteiger partial charge in [-0.25, -0.2) is 0 Å². The molecule has 1 heterocycles. The van der Waals surface area contributed by atoms with Crippen molar-refractivity contribution in [1.82, 2.24) is 5.32 Å². The van der Waals surface area contributed by atoms with Crippen LogP contribution in [0.4, 0.5) is 0 Å². The van der Waals surface area contributed by atoms with Crippen molar-refractivity contribution in [2.75, 3.05) is 7.05 Å². The fourth-order valence-electron chi connectivity index (χ4n) is 3.06. The molecule has 0 aliphatic heterocycles. The van der Waals surface area contributed by atoms with Crippen LogP contribution in [0.5, 0.6) is 0 Å². The zero-order chi connectivity index (χ0) is 14.7. The molecule has 1 N–H and O–H groups in total. The Morgan fingerprint density at radius 3 is 3.05 bits per heavy atom. The van der Waals surface area contributed by atoms with Gasteiger partial charge in [-0.3, -0.25) is 0 Å². The lowest BCUT2D eigenvalue weighted by Crippen LogP contribution is -2.12. The van der Waals surface area contributed by atoms with Crippen molar-refractivity contribution in [3.05, 3.63) is 58.5 Å². The van der Waals surface area contributed by atoms with E-state index in [0.717, 1.165) is 24.5 Å². The molecular formula is C18H23NO2. The highest BCUT2D eigenvalue weighted by Gasteiger charge is 2.20. The molecule has 1 aromatic heterocycles. The van der Waals surface area contributed by atoms with E-state index in [2.05, 4.69) is 42.6 Å². The Morgan fingerprint density at radius 1 is 1.33 bits per heavy atom. The van der Waals surface area contributed by atoms with Crippen LogP contribution in [0.3, 0.4) is 0 Å². The van der Waals surface area contributed by atoms with Crippen LogP contribution in [0.2, 0.25) is 0 Å². The van der Waals surface area contributed by atoms with Crippen LogP contribution in [-0.2, 0) is 24.3 Å². The summed E-state index contributed by atoms with van der Waals surface area (Å²) in [7, 11) is 1.93. The normalized spacial score (nSPS) is 17.7. The quantitative estimate of drug-likeness (QED) is 0.904. The van der Waals surface area contributed by atoms with E-state index in [1.165, 1.54) is 29.5 Å². The molecule has 0 spiro atoms. The first kappa shape index (κ1) is 14.4. The highest BCUT2D eigenvalue weighted by Crippen LogP contribution is 2.33. The van der Waals surface area contributed by atoms with E-state index in [1.54, 1.807) is 0 Å². The molecule has 112 valence electrons. The van der Waals surface area contributed by atoms with Gasteiger partial charge in [0.15, 0.2) is 0 Å². The molecule has 1 aliphatic carbocycles. The van der Waals surface area contributed by atoms with Gasteiger partial charge >= 0.3 is 0 Å². The van der Waals surface area contributed by atoms with Crippen molar-refractivity contribution in [3.8, 4) is 0 Å². The third kappa shape index (κ3) is 3.20. The minimum atomic E-state index is 0.202. The van der Waals surface area contributed by atoms with Gasteiger partial charge in [0.25, 0.3) is 0 Å². The van der Waals surface area contributed by atoms with Crippen LogP contribution < -0.4 is 5.32 Å². The Labute approximate surface area is 126 Å². The summed E-state index contributed by atoms with van der Waals surface area (Å²) in [5.74, 6) is 1.92. The number of furan rings is 1. The van der Waals surface area contributed by atoms with Crippen LogP contribution in [0.1, 0.15) is 47.2 Å². The van der Waals surface area contributed by atoms with Crippen molar-refractivity contribution in [2.24, 2.45) is 0 Å². The maximum atomic E-state index is 6.13. The van der Waals surface area contributed by atoms with Crippen LogP contribution >= 0.6 is 0 Å². The standard InChI is InChI=1S/C18H23NO2/c1-13-10-15(21-18(13)11-19-2)12-20-17-9-5-7-14-6-3-4-8-16(14)17/h3-4,6,8,10,17,19H,5,7,9,11-12H2,1-2H3. The smallest absolute Gasteiger partial charge is 0.130 e. The van der Waals surface area contributed by atoms with Crippen LogP contribution in [0.25, 0.3) is 0 Å². The first-order chi connectivity index (χ1) is 10.3. The average Bonchev–Trinajstić information content (AvgIpc) is 2.86. The molecule has 0 saturated carbocycles. The fraction of sp³-hybridized carbons (Fsp3) is 0.444. The Balaban J connectivity index is 1.67. The number of aryl methyl sites for hydroxylation is 2. The Morgan fingerprint density at radius 2 is 2.19 bits per heavy atom. The van der Waals surface area contributed by atoms with Gasteiger partial charge in [0.05, 0.1) is 12.6 Å². The predicted molar refractivity (Wildman–Crippen MR) is 83.1 cm³/mol. The van der Waals surface area contributed by atoms with Crippen LogP contribution in [0, 0.1) is 6.92 Å². The number of ether oxygens (including phenoxy) is 1. The molecule has 1 aromatic carbocycles. The molecule has 3 rings (SSSR count). The largest absolute Gasteiger partial charge is 0.462 e. The summed E-state index contributed by atoms with van der Waals surface area (Å²) in [5, 5.41) is 3.12. The number of rotatable bonds is 5. The Bertz CT molecular complexity index is 603. The van der Waals surface area contributed by atoms with Gasteiger partial charge in [-0.15, -0.1) is 0 Å². The van der Waals surface area contributed by atoms with E-state index >= 15 is 0 Å². The van der Waals surface area contributed by atoms with Crippen LogP contribution in [0.15, 0.2) is 34.7 Å². The lowest BCUT2D eigenvalue weighted by Gasteiger charge is -2.25. The molecule has 1 atom stereocenters. The second-order valence-corrected chi connectivity index (χ2v) is 5.74. The molecule has 2 aromatic rings. The summed E-state index contributed by atoms with van der Waals surface area (Å²) in [6, 6.07) is 10.7. The third-order valence-electron chi connectivity index (χ3n) is 4.15. The van der Waals surface area contributed by atoms with Crippen LogP contribution in [-0.4, -0.2) is 7.05 Å². The maximum absolute atomic E-state index is 6.13. The summed E-state index contributed by atoms with van der Waals surface area (Å²) < 4.78 is 12.0. The van der Waals surface area contributed by atoms with Crippen molar-refractivity contribution >= 4 is 0 Å². The van der Waals surface area contributed by atoms with Gasteiger partial charge in [-0.1, -0.05) is 24.3 Å². The first-order valence-corrected chi connectivity index (χ1v) is 7.70. The van der Waals surface area contributed by atoms with Gasteiger partial charge in [0.2, 0.25) is 0 Å². The number of hydrogen-bond acceptors (Lipinski definition) is 3. The Kier molecular flexibility index (Phi) is 4.42. The van der Waals surface area contributed by atoms with Gasteiger partial charge in [0.1, 0.15) is 18.1 Å². The summed E-state index contributed by atoms with van der Waals surface area (Å²) in [6.07, 6.45) is 3.67. The number of nitrogens with one attached hydrogen (secondary N) is 1. The van der Waals surface area contributed by atoms with E-state index in [4.69, 9.17) is 9.15 Å². The predicted octanol–water partition coefficient (Wildman–Crippen LogP) is 3.90. The summed E-state index contributed by atoms with van der Waals surface area (Å²) in [6.45, 7) is 3.39. The number of fused-ring (bicyclic) bond motifs is 1. The molecule has 0 radical (unpaired) electrons. The SMILES string of the molecule is CNCc1oc(COC2CCCc3ccccc32)cc1C.